The molecule has 508 valence electrons. The van der Waals surface area contributed by atoms with E-state index in [-0.39, 0.29) is 98.4 Å². The minimum absolute atomic E-state index is 0.0259. The number of nitrogens with zero attached hydrogens (tertiary/aromatic N) is 6. The third kappa shape index (κ3) is 21.6. The summed E-state index contributed by atoms with van der Waals surface area (Å²) >= 11 is 0. The lowest BCUT2D eigenvalue weighted by Crippen LogP contribution is -2.44. The molecule has 6 heterocycles. The first-order valence-corrected chi connectivity index (χ1v) is 31.5. The van der Waals surface area contributed by atoms with Crippen LogP contribution in [-0.4, -0.2) is 221 Å². The molecule has 1 aliphatic carbocycles. The molecule has 5 amide bonds. The second-order valence-electron chi connectivity index (χ2n) is 22.7. The number of phenolic OH excluding ortho intramolecular Hbond substituents is 1. The third-order valence-corrected chi connectivity index (χ3v) is 15.8. The van der Waals surface area contributed by atoms with Crippen LogP contribution >= 0.6 is 0 Å². The zero-order valence-corrected chi connectivity index (χ0v) is 52.9. The maximum Gasteiger partial charge on any atom is 0.509 e. The Morgan fingerprint density at radius 2 is 1.32 bits per heavy atom. The van der Waals surface area contributed by atoms with E-state index in [0.717, 1.165) is 29.4 Å². The molecule has 0 radical (unpaired) electrons. The summed E-state index contributed by atoms with van der Waals surface area (Å²) in [6.07, 6.45) is 5.15. The molecule has 30 nitrogen and oxygen atoms in total. The maximum atomic E-state index is 13.8. The zero-order chi connectivity index (χ0) is 65.9. The van der Waals surface area contributed by atoms with Gasteiger partial charge in [-0.05, 0) is 73.8 Å². The summed E-state index contributed by atoms with van der Waals surface area (Å²) in [5.74, 6) is -2.50. The van der Waals surface area contributed by atoms with Gasteiger partial charge < -0.3 is 82.5 Å². The minimum Gasteiger partial charge on any atom is -0.508 e. The number of imide groups is 1. The first kappa shape index (κ1) is 71.0. The van der Waals surface area contributed by atoms with Gasteiger partial charge in [0, 0.05) is 47.7 Å². The molecule has 0 bridgehead atoms. The average molecular weight is 1300 g/mol. The van der Waals surface area contributed by atoms with Gasteiger partial charge in [0.1, 0.15) is 37.9 Å². The Morgan fingerprint density at radius 3 is 1.94 bits per heavy atom. The number of cyclic esters (lactones) is 1. The van der Waals surface area contributed by atoms with Gasteiger partial charge in [0.05, 0.1) is 160 Å². The van der Waals surface area contributed by atoms with Gasteiger partial charge in [0.2, 0.25) is 23.8 Å². The molecule has 1 fully saturated rings. The van der Waals surface area contributed by atoms with Crippen molar-refractivity contribution in [1.82, 2.24) is 45.4 Å². The first-order chi connectivity index (χ1) is 45.2. The van der Waals surface area contributed by atoms with Crippen molar-refractivity contribution < 1.29 is 95.5 Å². The van der Waals surface area contributed by atoms with Crippen molar-refractivity contribution in [2.24, 2.45) is 17.8 Å². The van der Waals surface area contributed by atoms with Crippen molar-refractivity contribution in [3.8, 4) is 17.1 Å². The number of nitrogens with one attached hydrogen (secondary N) is 3. The predicted molar refractivity (Wildman–Crippen MR) is 327 cm³/mol. The Labute approximate surface area is 537 Å². The largest absolute Gasteiger partial charge is 0.509 e. The van der Waals surface area contributed by atoms with Crippen LogP contribution in [0.3, 0.4) is 0 Å². The minimum atomic E-state index is -1.60. The fraction of sp³-hybridized carbons (Fsp3) is 0.603. The van der Waals surface area contributed by atoms with Crippen molar-refractivity contribution >= 4 is 52.6 Å². The number of carbonyl (C=O) groups is 7. The van der Waals surface area contributed by atoms with E-state index >= 15 is 0 Å². The van der Waals surface area contributed by atoms with Crippen LogP contribution in [0.5, 0.6) is 5.75 Å². The SMILES string of the molecule is CCc1c2c(nc3ccc(O)cc13)-c1cc3c(c(=O)n1C2)COC(=O)C3OC(=O)OCC(NC(=O)COCC(=O)NCCOCCOCCOCCOCCOCCOCCOCCOCCn1cc(CNC(=O)C2CCC(CN3C(=O)C=CC3=O)CC2)nn1)C(C)C. The monoisotopic (exact) mass is 1300 g/mol. The van der Waals surface area contributed by atoms with Gasteiger partial charge >= 0.3 is 12.1 Å². The third-order valence-electron chi connectivity index (χ3n) is 15.8. The van der Waals surface area contributed by atoms with E-state index in [1.165, 1.54) is 23.1 Å². The number of carbonyl (C=O) groups excluding carboxylic acids is 7. The second kappa shape index (κ2) is 37.2. The molecule has 2 atom stereocenters. The van der Waals surface area contributed by atoms with Gasteiger partial charge in [-0.15, -0.1) is 5.10 Å². The number of aromatic hydroxyl groups is 1. The number of aromatic nitrogens is 5. The van der Waals surface area contributed by atoms with Crippen LogP contribution in [0, 0.1) is 17.8 Å². The quantitative estimate of drug-likeness (QED) is 0.0246. The number of aryl methyl sites for hydroxylation is 1. The number of benzene rings is 1. The van der Waals surface area contributed by atoms with E-state index in [1.54, 1.807) is 47.5 Å². The summed E-state index contributed by atoms with van der Waals surface area (Å²) in [7, 11) is 0. The van der Waals surface area contributed by atoms with Gasteiger partial charge in [-0.25, -0.2) is 19.3 Å². The summed E-state index contributed by atoms with van der Waals surface area (Å²) in [5, 5.41) is 27.5. The molecule has 1 aromatic carbocycles. The number of pyridine rings is 2. The topological polar surface area (TPSA) is 355 Å². The van der Waals surface area contributed by atoms with Crippen LogP contribution < -0.4 is 21.5 Å². The fourth-order valence-electron chi connectivity index (χ4n) is 10.8. The molecular weight excluding hydrogens is 1220 g/mol. The number of hydrogen-bond acceptors (Lipinski definition) is 24. The number of fused-ring (bicyclic) bond motifs is 5. The molecule has 3 aliphatic heterocycles. The average Bonchev–Trinajstić information content (AvgIpc) is 1.60. The molecule has 0 saturated heterocycles. The maximum absolute atomic E-state index is 13.8. The van der Waals surface area contributed by atoms with Gasteiger partial charge in [0.25, 0.3) is 17.4 Å². The zero-order valence-electron chi connectivity index (χ0n) is 52.9. The second-order valence-corrected chi connectivity index (χ2v) is 22.7. The highest BCUT2D eigenvalue weighted by molar-refractivity contribution is 6.12. The summed E-state index contributed by atoms with van der Waals surface area (Å²) in [4.78, 5) is 108. The summed E-state index contributed by atoms with van der Waals surface area (Å²) in [5.41, 5.74) is 3.90. The van der Waals surface area contributed by atoms with Crippen LogP contribution in [0.4, 0.5) is 4.79 Å². The number of rotatable bonds is 42. The molecule has 30 heteroatoms. The standard InChI is InChI=1S/C63H85N9O21/c1-4-46-47-31-45(73)9-10-51(47)67-58-49(46)36-71-53(58)32-48-50(61(71)79)37-91-62(80)59(48)93-63(81)92-38-52(41(2)3)66-55(75)40-90-39-54(74)64-13-15-82-17-19-84-21-23-86-25-27-88-29-30-89-28-26-87-24-22-85-20-18-83-16-14-70-35-44(68-69-70)33-65-60(78)43-7-5-42(6-8-43)34-72-56(76)11-12-57(72)77/h9-12,31-32,35,41-43,52,59,73H,4-8,13-30,33-34,36-40H2,1-3H3,(H,64,74)(H,65,78)(H,66,75). The van der Waals surface area contributed by atoms with E-state index in [1.807, 2.05) is 6.92 Å². The predicted octanol–water partition coefficient (Wildman–Crippen LogP) is 1.99. The Morgan fingerprint density at radius 1 is 0.720 bits per heavy atom. The lowest BCUT2D eigenvalue weighted by Gasteiger charge is -2.29. The molecule has 4 aromatic rings. The summed E-state index contributed by atoms with van der Waals surface area (Å²) < 4.78 is 68.9. The van der Waals surface area contributed by atoms with E-state index in [9.17, 15) is 43.5 Å². The molecule has 4 N–H and O–H groups in total. The van der Waals surface area contributed by atoms with Crippen LogP contribution in [0.1, 0.15) is 80.5 Å². The number of ether oxygens (including phenoxy) is 12. The van der Waals surface area contributed by atoms with Crippen molar-refractivity contribution in [3.05, 3.63) is 80.9 Å². The lowest BCUT2D eigenvalue weighted by molar-refractivity contribution is -0.159. The smallest absolute Gasteiger partial charge is 0.508 e. The first-order valence-electron chi connectivity index (χ1n) is 31.5. The number of esters is 1. The summed E-state index contributed by atoms with van der Waals surface area (Å²) in [6.45, 7) is 11.9. The number of hydrogen-bond donors (Lipinski definition) is 4. The highest BCUT2D eigenvalue weighted by Gasteiger charge is 2.39. The van der Waals surface area contributed by atoms with Crippen LogP contribution in [-0.2, 0) is 118 Å². The fourth-order valence-corrected chi connectivity index (χ4v) is 10.8. The molecule has 4 aliphatic rings. The van der Waals surface area contributed by atoms with E-state index < -0.39 is 48.3 Å². The van der Waals surface area contributed by atoms with Crippen molar-refractivity contribution in [2.75, 3.05) is 139 Å². The molecule has 2 unspecified atom stereocenters. The number of phenols is 1. The molecule has 1 saturated carbocycles. The Bertz CT molecular complexity index is 3240. The van der Waals surface area contributed by atoms with Crippen molar-refractivity contribution in [1.29, 1.82) is 0 Å². The van der Waals surface area contributed by atoms with Crippen LogP contribution in [0.25, 0.3) is 22.3 Å². The highest BCUT2D eigenvalue weighted by atomic mass is 16.7. The molecule has 93 heavy (non-hydrogen) atoms. The molecule has 3 aromatic heterocycles. The normalized spacial score (nSPS) is 16.9. The van der Waals surface area contributed by atoms with Crippen molar-refractivity contribution in [2.45, 2.75) is 91.3 Å². The lowest BCUT2D eigenvalue weighted by atomic mass is 9.81. The Hall–Kier alpha value is -7.81. The van der Waals surface area contributed by atoms with E-state index in [2.05, 4.69) is 26.3 Å². The molecule has 8 rings (SSSR count). The van der Waals surface area contributed by atoms with Gasteiger partial charge in [0.15, 0.2) is 0 Å². The van der Waals surface area contributed by atoms with Crippen LogP contribution in [0.15, 0.2) is 47.4 Å². The van der Waals surface area contributed by atoms with E-state index in [0.29, 0.717) is 154 Å². The summed E-state index contributed by atoms with van der Waals surface area (Å²) in [6, 6.07) is 5.79. The van der Waals surface area contributed by atoms with Crippen LogP contribution in [0.2, 0.25) is 0 Å². The molecule has 0 spiro atoms. The number of amides is 5. The van der Waals surface area contributed by atoms with Gasteiger partial charge in [-0.3, -0.25) is 33.7 Å². The Kier molecular flexibility index (Phi) is 28.4. The van der Waals surface area contributed by atoms with Crippen molar-refractivity contribution in [3.63, 3.8) is 0 Å². The van der Waals surface area contributed by atoms with Gasteiger partial charge in [-0.1, -0.05) is 26.0 Å². The van der Waals surface area contributed by atoms with Gasteiger partial charge in [-0.2, -0.15) is 0 Å². The highest BCUT2D eigenvalue weighted by Crippen LogP contribution is 2.39. The Balaban J connectivity index is 0.544. The van der Waals surface area contributed by atoms with E-state index in [4.69, 9.17) is 61.8 Å². The molecular formula is C63H85N9O21.